The second-order valence-electron chi connectivity index (χ2n) is 7.32. The van der Waals surface area contributed by atoms with Crippen LogP contribution in [0.3, 0.4) is 0 Å². The molecule has 0 bridgehead atoms. The van der Waals surface area contributed by atoms with Gasteiger partial charge in [-0.1, -0.05) is 44.2 Å². The molecule has 6 heteroatoms. The molecule has 2 aromatic rings. The van der Waals surface area contributed by atoms with Gasteiger partial charge in [-0.05, 0) is 47.7 Å². The van der Waals surface area contributed by atoms with E-state index in [-0.39, 0.29) is 5.92 Å². The molecule has 158 valence electrons. The van der Waals surface area contributed by atoms with Crippen molar-refractivity contribution in [1.29, 1.82) is 0 Å². The third kappa shape index (κ3) is 6.08. The number of benzene rings is 2. The summed E-state index contributed by atoms with van der Waals surface area (Å²) in [5.41, 5.74) is 1.81. The van der Waals surface area contributed by atoms with E-state index in [1.807, 2.05) is 62.4 Å². The summed E-state index contributed by atoms with van der Waals surface area (Å²) >= 11 is 0. The topological polar surface area (TPSA) is 55.8 Å². The predicted molar refractivity (Wildman–Crippen MR) is 118 cm³/mol. The standard InChI is InChI=1S/C23H31NO4S/c1-6-7-23(18(2)3)29(25,26)24(16-19-8-12-21(27-4)13-9-19)17-20-10-14-22(28-5)15-11-20/h6,8-15,18,23H,1,7,16-17H2,2-5H3/t23-/m1/s1. The molecule has 0 spiro atoms. The Hall–Kier alpha value is -2.31. The van der Waals surface area contributed by atoms with Crippen LogP contribution in [0.2, 0.25) is 0 Å². The highest BCUT2D eigenvalue weighted by Crippen LogP contribution is 2.25. The summed E-state index contributed by atoms with van der Waals surface area (Å²) in [6, 6.07) is 15.0. The number of hydrogen-bond acceptors (Lipinski definition) is 4. The highest BCUT2D eigenvalue weighted by atomic mass is 32.2. The minimum atomic E-state index is -3.55. The third-order valence-electron chi connectivity index (χ3n) is 4.92. The first kappa shape index (κ1) is 23.0. The van der Waals surface area contributed by atoms with Crippen molar-refractivity contribution in [2.24, 2.45) is 5.92 Å². The van der Waals surface area contributed by atoms with E-state index in [0.717, 1.165) is 22.6 Å². The third-order valence-corrected chi connectivity index (χ3v) is 7.40. The van der Waals surface area contributed by atoms with Gasteiger partial charge in [0, 0.05) is 13.1 Å². The Morgan fingerprint density at radius 1 is 0.897 bits per heavy atom. The molecule has 0 aliphatic carbocycles. The van der Waals surface area contributed by atoms with E-state index in [1.54, 1.807) is 24.6 Å². The lowest BCUT2D eigenvalue weighted by Gasteiger charge is -2.29. The van der Waals surface area contributed by atoms with Crippen LogP contribution in [0.25, 0.3) is 0 Å². The fraction of sp³-hybridized carbons (Fsp3) is 0.391. The minimum Gasteiger partial charge on any atom is -0.497 e. The number of rotatable bonds is 11. The maximum Gasteiger partial charge on any atom is 0.218 e. The monoisotopic (exact) mass is 417 g/mol. The lowest BCUT2D eigenvalue weighted by Crippen LogP contribution is -2.40. The molecule has 0 fully saturated rings. The summed E-state index contributed by atoms with van der Waals surface area (Å²) in [5, 5.41) is -0.517. The molecule has 0 saturated heterocycles. The van der Waals surface area contributed by atoms with E-state index in [9.17, 15) is 8.42 Å². The fourth-order valence-electron chi connectivity index (χ4n) is 3.20. The van der Waals surface area contributed by atoms with E-state index >= 15 is 0 Å². The van der Waals surface area contributed by atoms with Crippen LogP contribution < -0.4 is 9.47 Å². The molecule has 5 nitrogen and oxygen atoms in total. The molecule has 1 atom stereocenters. The number of nitrogens with zero attached hydrogens (tertiary/aromatic N) is 1. The Balaban J connectivity index is 2.37. The van der Waals surface area contributed by atoms with Crippen LogP contribution in [0, 0.1) is 5.92 Å². The molecular formula is C23H31NO4S. The minimum absolute atomic E-state index is 0.0211. The molecule has 2 aromatic carbocycles. The van der Waals surface area contributed by atoms with Crippen LogP contribution in [0.5, 0.6) is 11.5 Å². The van der Waals surface area contributed by atoms with Crippen molar-refractivity contribution in [3.8, 4) is 11.5 Å². The van der Waals surface area contributed by atoms with E-state index < -0.39 is 15.3 Å². The molecule has 0 heterocycles. The zero-order valence-electron chi connectivity index (χ0n) is 17.7. The van der Waals surface area contributed by atoms with Crippen LogP contribution in [-0.2, 0) is 23.1 Å². The van der Waals surface area contributed by atoms with Gasteiger partial charge < -0.3 is 9.47 Å². The van der Waals surface area contributed by atoms with E-state index in [2.05, 4.69) is 6.58 Å². The first-order valence-electron chi connectivity index (χ1n) is 9.67. The zero-order chi connectivity index (χ0) is 21.4. The quantitative estimate of drug-likeness (QED) is 0.500. The second-order valence-corrected chi connectivity index (χ2v) is 9.47. The molecule has 0 N–H and O–H groups in total. The first-order chi connectivity index (χ1) is 13.8. The lowest BCUT2D eigenvalue weighted by molar-refractivity contribution is 0.381. The Kier molecular flexibility index (Phi) is 8.29. The normalized spacial score (nSPS) is 12.8. The van der Waals surface area contributed by atoms with Crippen molar-refractivity contribution in [3.05, 3.63) is 72.3 Å². The molecule has 0 aliphatic heterocycles. The Morgan fingerprint density at radius 2 is 1.31 bits per heavy atom. The molecule has 0 radical (unpaired) electrons. The first-order valence-corrected chi connectivity index (χ1v) is 11.2. The van der Waals surface area contributed by atoms with Gasteiger partial charge in [0.15, 0.2) is 0 Å². The summed E-state index contributed by atoms with van der Waals surface area (Å²) in [6.45, 7) is 8.20. The molecule has 0 unspecified atom stereocenters. The molecule has 2 rings (SSSR count). The smallest absolute Gasteiger partial charge is 0.218 e. The van der Waals surface area contributed by atoms with Crippen molar-refractivity contribution in [1.82, 2.24) is 4.31 Å². The van der Waals surface area contributed by atoms with Crippen LogP contribution in [-0.4, -0.2) is 32.2 Å². The van der Waals surface area contributed by atoms with Crippen molar-refractivity contribution < 1.29 is 17.9 Å². The van der Waals surface area contributed by atoms with Gasteiger partial charge in [0.1, 0.15) is 11.5 Å². The molecule has 0 aliphatic rings. The van der Waals surface area contributed by atoms with Gasteiger partial charge in [0.2, 0.25) is 10.0 Å². The summed E-state index contributed by atoms with van der Waals surface area (Å²) in [7, 11) is -0.335. The highest BCUT2D eigenvalue weighted by molar-refractivity contribution is 7.89. The largest absolute Gasteiger partial charge is 0.497 e. The predicted octanol–water partition coefficient (Wildman–Crippen LogP) is 4.64. The van der Waals surface area contributed by atoms with Gasteiger partial charge in [-0.25, -0.2) is 8.42 Å². The van der Waals surface area contributed by atoms with Crippen molar-refractivity contribution in [3.63, 3.8) is 0 Å². The zero-order valence-corrected chi connectivity index (χ0v) is 18.5. The van der Waals surface area contributed by atoms with Gasteiger partial charge in [-0.3, -0.25) is 0 Å². The van der Waals surface area contributed by atoms with E-state index in [4.69, 9.17) is 9.47 Å². The lowest BCUT2D eigenvalue weighted by atomic mass is 10.1. The maximum atomic E-state index is 13.5. The van der Waals surface area contributed by atoms with Crippen LogP contribution in [0.4, 0.5) is 0 Å². The Labute approximate surface area is 175 Å². The van der Waals surface area contributed by atoms with E-state index in [1.165, 1.54) is 0 Å². The van der Waals surface area contributed by atoms with Crippen LogP contribution in [0.1, 0.15) is 31.4 Å². The average Bonchev–Trinajstić information content (AvgIpc) is 2.72. The average molecular weight is 418 g/mol. The van der Waals surface area contributed by atoms with Gasteiger partial charge >= 0.3 is 0 Å². The fourth-order valence-corrected chi connectivity index (χ4v) is 5.31. The van der Waals surface area contributed by atoms with Crippen molar-refractivity contribution in [2.75, 3.05) is 14.2 Å². The Morgan fingerprint density at radius 3 is 1.62 bits per heavy atom. The number of ether oxygens (including phenoxy) is 2. The summed E-state index contributed by atoms with van der Waals surface area (Å²) in [5.74, 6) is 1.46. The van der Waals surface area contributed by atoms with Gasteiger partial charge in [0.05, 0.1) is 19.5 Å². The number of allylic oxidation sites excluding steroid dienone is 1. The van der Waals surface area contributed by atoms with Crippen LogP contribution >= 0.6 is 0 Å². The Bertz CT molecular complexity index is 825. The molecule has 0 aromatic heterocycles. The number of hydrogen-bond donors (Lipinski definition) is 0. The molecule has 29 heavy (non-hydrogen) atoms. The molecule has 0 amide bonds. The summed E-state index contributed by atoms with van der Waals surface area (Å²) < 4.78 is 39.1. The second kappa shape index (κ2) is 10.5. The number of methoxy groups -OCH3 is 2. The van der Waals surface area contributed by atoms with Crippen LogP contribution in [0.15, 0.2) is 61.2 Å². The SMILES string of the molecule is C=CC[C@H](C(C)C)S(=O)(=O)N(Cc1ccc(OC)cc1)Cc1ccc(OC)cc1. The molecule has 0 saturated carbocycles. The molecular weight excluding hydrogens is 386 g/mol. The van der Waals surface area contributed by atoms with Crippen molar-refractivity contribution >= 4 is 10.0 Å². The summed E-state index contributed by atoms with van der Waals surface area (Å²) in [6.07, 6.45) is 2.10. The van der Waals surface area contributed by atoms with Gasteiger partial charge in [-0.2, -0.15) is 4.31 Å². The summed E-state index contributed by atoms with van der Waals surface area (Å²) in [4.78, 5) is 0. The van der Waals surface area contributed by atoms with E-state index in [0.29, 0.717) is 19.5 Å². The van der Waals surface area contributed by atoms with Crippen molar-refractivity contribution in [2.45, 2.75) is 38.6 Å². The highest BCUT2D eigenvalue weighted by Gasteiger charge is 2.33. The number of sulfonamides is 1. The maximum absolute atomic E-state index is 13.5. The van der Waals surface area contributed by atoms with Gasteiger partial charge in [-0.15, -0.1) is 6.58 Å². The van der Waals surface area contributed by atoms with Gasteiger partial charge in [0.25, 0.3) is 0 Å².